The van der Waals surface area contributed by atoms with Gasteiger partial charge in [-0.05, 0) is 67.4 Å². The van der Waals surface area contributed by atoms with Crippen LogP contribution in [0, 0.1) is 0 Å². The maximum atomic E-state index is 14.3. The van der Waals surface area contributed by atoms with Gasteiger partial charge in [0.2, 0.25) is 0 Å². The van der Waals surface area contributed by atoms with Crippen LogP contribution in [0.3, 0.4) is 0 Å². The van der Waals surface area contributed by atoms with Crippen molar-refractivity contribution in [1.82, 2.24) is 10.2 Å². The molecule has 0 amide bonds. The van der Waals surface area contributed by atoms with Crippen molar-refractivity contribution in [3.05, 3.63) is 146 Å². The summed E-state index contributed by atoms with van der Waals surface area (Å²) in [6.45, 7) is 0.739. The van der Waals surface area contributed by atoms with Crippen molar-refractivity contribution in [1.29, 1.82) is 0 Å². The topological polar surface area (TPSA) is 107 Å². The summed E-state index contributed by atoms with van der Waals surface area (Å²) < 4.78 is 25.0. The lowest BCUT2D eigenvalue weighted by atomic mass is 9.92. The maximum Gasteiger partial charge on any atom is 0.408 e. The van der Waals surface area contributed by atoms with Gasteiger partial charge in [-0.1, -0.05) is 143 Å². The summed E-state index contributed by atoms with van der Waals surface area (Å²) in [5.41, 5.74) is 3.45. The van der Waals surface area contributed by atoms with Gasteiger partial charge in [-0.3, -0.25) is 18.1 Å². The highest BCUT2D eigenvalue weighted by atomic mass is 33.1. The first-order valence-electron chi connectivity index (χ1n) is 18.3. The summed E-state index contributed by atoms with van der Waals surface area (Å²) in [4.78, 5) is 28.6. The van der Waals surface area contributed by atoms with Crippen LogP contribution in [0.2, 0.25) is 0 Å². The van der Waals surface area contributed by atoms with E-state index in [9.17, 15) is 9.79 Å². The predicted molar refractivity (Wildman–Crippen MR) is 231 cm³/mol. The Labute approximate surface area is 332 Å². The number of hydrogen-bond acceptors (Lipinski definition) is 10. The molecule has 0 aliphatic carbocycles. The third-order valence-electron chi connectivity index (χ3n) is 10.0. The Morgan fingerprint density at radius 1 is 0.375 bits per heavy atom. The van der Waals surface area contributed by atoms with Crippen molar-refractivity contribution in [3.63, 3.8) is 0 Å². The maximum absolute atomic E-state index is 14.3. The quantitative estimate of drug-likeness (QED) is 0.0831. The zero-order chi connectivity index (χ0) is 37.7. The van der Waals surface area contributed by atoms with Crippen molar-refractivity contribution in [3.8, 4) is 45.3 Å². The van der Waals surface area contributed by atoms with Crippen LogP contribution < -0.4 is 38.1 Å². The fourth-order valence-corrected chi connectivity index (χ4v) is 12.5. The van der Waals surface area contributed by atoms with Crippen LogP contribution in [0.25, 0.3) is 65.3 Å². The van der Waals surface area contributed by atoms with Crippen molar-refractivity contribution in [2.45, 2.75) is 0 Å². The molecule has 0 aromatic heterocycles. The number of benzene rings is 8. The molecule has 2 aliphatic heterocycles. The standard InChI is InChI=1S/C44H34N2O6P2S2/c47-53(49-37-21-17-29-9-1-5-13-33(29)41(37)42-34-14-6-2-10-30(34)18-22-38(42)50-53)45-25-27-55-56-28-26-46-54(48)51-39-23-19-31-11-3-7-15-35(31)43(39)44-36-16-8-4-12-32(36)20-24-40(44)52-54/h1-24H,25-28H2,(H,45,47)(H,46,48). The van der Waals surface area contributed by atoms with Gasteiger partial charge in [0.05, 0.1) is 0 Å². The Morgan fingerprint density at radius 3 is 0.929 bits per heavy atom. The Hall–Kier alpha value is -4.60. The molecule has 2 heterocycles. The molecule has 0 unspecified atom stereocenters. The van der Waals surface area contributed by atoms with Crippen LogP contribution in [-0.2, 0) is 0 Å². The molecule has 2 aliphatic rings. The molecule has 8 aromatic carbocycles. The summed E-state index contributed by atoms with van der Waals surface area (Å²) in [5, 5.41) is 14.4. The summed E-state index contributed by atoms with van der Waals surface area (Å²) >= 11 is 0. The van der Waals surface area contributed by atoms with Crippen molar-refractivity contribution >= 4 is 80.9 Å². The first kappa shape index (κ1) is 35.8. The van der Waals surface area contributed by atoms with Gasteiger partial charge in [0.15, 0.2) is 23.0 Å². The van der Waals surface area contributed by atoms with Gasteiger partial charge < -0.3 is 9.79 Å². The van der Waals surface area contributed by atoms with E-state index in [-0.39, 0.29) is 0 Å². The minimum absolute atomic E-state index is 0.369. The van der Waals surface area contributed by atoms with E-state index in [0.29, 0.717) is 47.6 Å². The Bertz CT molecular complexity index is 2440. The zero-order valence-electron chi connectivity index (χ0n) is 29.8. The Morgan fingerprint density at radius 2 is 0.643 bits per heavy atom. The minimum Gasteiger partial charge on any atom is -0.601 e. The smallest absolute Gasteiger partial charge is 0.408 e. The van der Waals surface area contributed by atoms with Gasteiger partial charge in [-0.25, -0.2) is 0 Å². The molecule has 0 fully saturated rings. The molecule has 2 N–H and O–H groups in total. The van der Waals surface area contributed by atoms with E-state index in [0.717, 1.165) is 65.3 Å². The van der Waals surface area contributed by atoms with E-state index in [4.69, 9.17) is 18.1 Å². The lowest BCUT2D eigenvalue weighted by molar-refractivity contribution is -0.207. The van der Waals surface area contributed by atoms with E-state index in [2.05, 4.69) is 58.7 Å². The monoisotopic (exact) mass is 812 g/mol. The van der Waals surface area contributed by atoms with Crippen LogP contribution in [0.15, 0.2) is 146 Å². The highest BCUT2D eigenvalue weighted by molar-refractivity contribution is 8.76. The lowest BCUT2D eigenvalue weighted by Gasteiger charge is -2.26. The van der Waals surface area contributed by atoms with E-state index in [1.54, 1.807) is 21.6 Å². The van der Waals surface area contributed by atoms with Crippen LogP contribution in [0.5, 0.6) is 23.0 Å². The summed E-state index contributed by atoms with van der Waals surface area (Å²) in [6, 6.07) is 47.9. The first-order valence-corrected chi connectivity index (χ1v) is 23.8. The number of rotatable bonds is 9. The molecule has 10 rings (SSSR count). The fraction of sp³-hybridized carbons (Fsp3) is 0.0909. The number of hydrogen-bond donors (Lipinski definition) is 2. The van der Waals surface area contributed by atoms with Gasteiger partial charge in [0.25, 0.3) is 0 Å². The molecule has 8 nitrogen and oxygen atoms in total. The molecule has 0 saturated carbocycles. The second-order valence-electron chi connectivity index (χ2n) is 13.5. The van der Waals surface area contributed by atoms with Gasteiger partial charge in [0.1, 0.15) is 0 Å². The van der Waals surface area contributed by atoms with Gasteiger partial charge in [-0.2, -0.15) is 0 Å². The van der Waals surface area contributed by atoms with Crippen LogP contribution in [0.1, 0.15) is 0 Å². The molecule has 56 heavy (non-hydrogen) atoms. The average molecular weight is 813 g/mol. The molecular weight excluding hydrogens is 779 g/mol. The number of nitrogens with one attached hydrogen (secondary N) is 2. The second kappa shape index (κ2) is 14.7. The summed E-state index contributed by atoms with van der Waals surface area (Å²) in [7, 11) is -4.42. The third kappa shape index (κ3) is 6.60. The molecule has 8 aromatic rings. The predicted octanol–water partition coefficient (Wildman–Crippen LogP) is 10.5. The second-order valence-corrected chi connectivity index (χ2v) is 19.5. The third-order valence-corrected chi connectivity index (χ3v) is 15.4. The van der Waals surface area contributed by atoms with Crippen molar-refractivity contribution in [2.75, 3.05) is 24.6 Å². The fourth-order valence-electron chi connectivity index (χ4n) is 7.59. The Balaban J connectivity index is 0.809. The SMILES string of the molecule is [O-][P+]1(NCCSSCCN[P+]2([O-])Oc3ccc4ccccc4c3-c3c(ccc4ccccc34)O2)Oc2ccc3ccccc3c2-c2c(ccc3ccccc23)O1. The Kier molecular flexibility index (Phi) is 9.41. The van der Waals surface area contributed by atoms with Gasteiger partial charge in [-0.15, -0.1) is 10.2 Å². The number of fused-ring (bicyclic) bond motifs is 14. The largest absolute Gasteiger partial charge is 0.601 e. The van der Waals surface area contributed by atoms with Gasteiger partial charge in [0, 0.05) is 46.8 Å². The molecular formula is C44H34N2O6P2S2. The first-order chi connectivity index (χ1) is 27.5. The van der Waals surface area contributed by atoms with Gasteiger partial charge >= 0.3 is 16.2 Å². The molecule has 0 saturated heterocycles. The van der Waals surface area contributed by atoms with E-state index < -0.39 is 16.2 Å². The summed E-state index contributed by atoms with van der Waals surface area (Å²) in [5.74, 6) is 3.25. The molecule has 0 spiro atoms. The van der Waals surface area contributed by atoms with E-state index in [1.165, 1.54) is 0 Å². The molecule has 0 bridgehead atoms. The van der Waals surface area contributed by atoms with E-state index in [1.807, 2.05) is 97.1 Å². The summed E-state index contributed by atoms with van der Waals surface area (Å²) in [6.07, 6.45) is 0. The molecule has 278 valence electrons. The molecule has 0 radical (unpaired) electrons. The van der Waals surface area contributed by atoms with Crippen LogP contribution in [-0.4, -0.2) is 24.6 Å². The zero-order valence-corrected chi connectivity index (χ0v) is 33.3. The minimum atomic E-state index is -3.81. The van der Waals surface area contributed by atoms with Crippen molar-refractivity contribution < 1.29 is 27.9 Å². The average Bonchev–Trinajstić information content (AvgIpc) is 3.45. The van der Waals surface area contributed by atoms with Crippen LogP contribution in [0.4, 0.5) is 0 Å². The lowest BCUT2D eigenvalue weighted by Crippen LogP contribution is -2.35. The highest BCUT2D eigenvalue weighted by Crippen LogP contribution is 2.60. The molecule has 0 atom stereocenters. The normalized spacial score (nSPS) is 15.0. The molecule has 12 heteroatoms. The van der Waals surface area contributed by atoms with Crippen LogP contribution >= 0.6 is 37.8 Å². The van der Waals surface area contributed by atoms with Crippen molar-refractivity contribution in [2.24, 2.45) is 0 Å². The van der Waals surface area contributed by atoms with E-state index >= 15 is 0 Å². The highest BCUT2D eigenvalue weighted by Gasteiger charge is 2.41.